The largest absolute Gasteiger partial charge is 0.493 e. The molecule has 592 valence electrons. The summed E-state index contributed by atoms with van der Waals surface area (Å²) < 4.78 is 31.9. The second-order valence-electron chi connectivity index (χ2n) is 30.6. The minimum absolute atomic E-state index is 0.00707. The molecule has 113 heavy (non-hydrogen) atoms. The molecule has 7 aromatic rings. The number of amides is 7. The molecule has 8 N–H and O–H groups in total. The topological polar surface area (TPSA) is 357 Å². The summed E-state index contributed by atoms with van der Waals surface area (Å²) in [7, 11) is 2.98. The van der Waals surface area contributed by atoms with E-state index in [1.165, 1.54) is 20.3 Å². The molecule has 6 heterocycles. The number of ether oxygens (including phenoxy) is 5. The third-order valence-electron chi connectivity index (χ3n) is 21.8. The van der Waals surface area contributed by atoms with Crippen molar-refractivity contribution in [2.24, 2.45) is 28.0 Å². The SMILES string of the molecule is COc1cc2c(cc1OCCCCCOc1cc3c(cc1OC)C(=O)N1CC4(CC4)C[C@H]1C(O)N3C(=O)OCc1ccc(NC(=O)[C@H](C)CC(=O)[C@@H](NC(=O)CCCCNC(=O)CCC(=O)N3Cc4ccccc4-c4nnn(C(C)C)c4-c4ccccc43)C(C)C)cc1)N=C[C@@H]1CC(c3ccc(CNC(=N)N)cc3)=CN1C2=O. The molecule has 13 rings (SSSR count). The van der Waals surface area contributed by atoms with Crippen LogP contribution in [0, 0.1) is 22.7 Å². The normalized spacial score (nSPS) is 17.3. The van der Waals surface area contributed by atoms with Crippen LogP contribution in [0.1, 0.15) is 167 Å². The van der Waals surface area contributed by atoms with Crippen LogP contribution in [0.3, 0.4) is 0 Å². The average molecular weight is 1540 g/mol. The third kappa shape index (κ3) is 17.9. The zero-order valence-electron chi connectivity index (χ0n) is 64.8. The molecule has 1 spiro atoms. The van der Waals surface area contributed by atoms with Crippen LogP contribution in [0.4, 0.5) is 27.5 Å². The lowest BCUT2D eigenvalue weighted by atomic mass is 9.92. The van der Waals surface area contributed by atoms with E-state index in [4.69, 9.17) is 39.8 Å². The molecule has 1 unspecified atom stereocenters. The lowest BCUT2D eigenvalue weighted by Crippen LogP contribution is -2.50. The quantitative estimate of drug-likeness (QED) is 0.0121. The number of para-hydroxylation sites is 1. The molecule has 0 radical (unpaired) electrons. The number of rotatable bonds is 31. The molecule has 5 atom stereocenters. The number of benzene rings is 6. The molecule has 5 aliphatic heterocycles. The number of ketones is 1. The van der Waals surface area contributed by atoms with Crippen molar-refractivity contribution in [2.75, 3.05) is 55.6 Å². The highest BCUT2D eigenvalue weighted by molar-refractivity contribution is 6.08. The molecule has 28 heteroatoms. The molecule has 0 bridgehead atoms. The van der Waals surface area contributed by atoms with Gasteiger partial charge in [-0.1, -0.05) is 105 Å². The Morgan fingerprint density at radius 1 is 0.717 bits per heavy atom. The number of methoxy groups -OCH3 is 2. The van der Waals surface area contributed by atoms with Crippen LogP contribution < -0.4 is 55.7 Å². The maximum absolute atomic E-state index is 14.5. The smallest absolute Gasteiger partial charge is 0.416 e. The first kappa shape index (κ1) is 79.2. The monoisotopic (exact) mass is 1540 g/mol. The number of aliphatic hydroxyl groups excluding tert-OH is 1. The van der Waals surface area contributed by atoms with Gasteiger partial charge in [0.25, 0.3) is 11.8 Å². The first-order chi connectivity index (χ1) is 54.5. The van der Waals surface area contributed by atoms with Gasteiger partial charge >= 0.3 is 6.09 Å². The first-order valence-corrected chi connectivity index (χ1v) is 38.8. The molecule has 1 aromatic heterocycles. The van der Waals surface area contributed by atoms with E-state index in [9.17, 15) is 43.5 Å². The fraction of sp³-hybridized carbons (Fsp3) is 0.412. The summed E-state index contributed by atoms with van der Waals surface area (Å²) in [6, 6.07) is 34.7. The number of fused-ring (bicyclic) bond motifs is 9. The standard InChI is InChI=1S/C85H98N14O14/c1-50(2)76(92-74(102)21-13-14-34-88-73(101)30-31-75(103)96-46-56-17-9-10-18-60(56)77-78(99(51(3)4)94-93-77)61-19-11-12-20-65(61)96)68(100)37-52(5)79(104)91-58-28-24-54(25-29-58)48-113-84(108)98-66-42-72(70(110-7)40-63(66)81(106)97-49-85(32-33-85)43-67(97)82(98)107)112-36-16-8-15-35-111-71-41-64-62(39-69(71)109-6)80(105)95-47-57(38-59(95)45-89-64)55-26-22-53(23-27-55)44-90-83(86)87/h9-12,17-20,22-29,39-42,45,47,50-52,59,67,76,82,107H,8,13-16,21,30-38,43-44,46,48-49H2,1-7H3,(H,88,101)(H,91,104)(H,92,102)(H4,86,87,90)/t52-,59+,67+,76+,82?/m1/s1. The number of nitrogens with one attached hydrogen (secondary N) is 5. The van der Waals surface area contributed by atoms with E-state index in [-0.39, 0.29) is 139 Å². The number of aliphatic hydroxyl groups is 1. The van der Waals surface area contributed by atoms with Crippen molar-refractivity contribution in [3.05, 3.63) is 161 Å². The van der Waals surface area contributed by atoms with Crippen LogP contribution in [0.2, 0.25) is 0 Å². The second-order valence-corrected chi connectivity index (χ2v) is 30.6. The summed E-state index contributed by atoms with van der Waals surface area (Å²) >= 11 is 0. The highest BCUT2D eigenvalue weighted by atomic mass is 16.6. The molecule has 1 saturated heterocycles. The molecule has 1 saturated carbocycles. The number of aliphatic imine (C=N–C) groups is 1. The van der Waals surface area contributed by atoms with Crippen molar-refractivity contribution >= 4 is 87.8 Å². The summed E-state index contributed by atoms with van der Waals surface area (Å²) in [5, 5.41) is 40.2. The Morgan fingerprint density at radius 3 is 2.11 bits per heavy atom. The first-order valence-electron chi connectivity index (χ1n) is 38.8. The predicted molar refractivity (Wildman–Crippen MR) is 426 cm³/mol. The number of nitrogens with two attached hydrogens (primary N) is 1. The van der Waals surface area contributed by atoms with Crippen LogP contribution in [0.5, 0.6) is 23.0 Å². The van der Waals surface area contributed by atoms with Crippen molar-refractivity contribution in [1.29, 1.82) is 5.41 Å². The van der Waals surface area contributed by atoms with E-state index in [0.717, 1.165) is 62.5 Å². The van der Waals surface area contributed by atoms with Crippen molar-refractivity contribution in [1.82, 2.24) is 40.7 Å². The predicted octanol–water partition coefficient (Wildman–Crippen LogP) is 11.6. The zero-order chi connectivity index (χ0) is 79.8. The van der Waals surface area contributed by atoms with E-state index in [1.54, 1.807) is 70.3 Å². The van der Waals surface area contributed by atoms with E-state index in [0.29, 0.717) is 104 Å². The van der Waals surface area contributed by atoms with E-state index >= 15 is 0 Å². The molecule has 7 amide bonds. The summed E-state index contributed by atoms with van der Waals surface area (Å²) in [5.41, 5.74) is 15.2. The van der Waals surface area contributed by atoms with Crippen LogP contribution in [0.15, 0.2) is 133 Å². The highest BCUT2D eigenvalue weighted by Gasteiger charge is 2.58. The maximum atomic E-state index is 14.5. The van der Waals surface area contributed by atoms with Gasteiger partial charge in [-0.25, -0.2) is 14.4 Å². The van der Waals surface area contributed by atoms with Gasteiger partial charge in [0, 0.05) is 105 Å². The summed E-state index contributed by atoms with van der Waals surface area (Å²) in [6.45, 7) is 11.1. The van der Waals surface area contributed by atoms with Crippen LogP contribution in [0.25, 0.3) is 28.1 Å². The lowest BCUT2D eigenvalue weighted by Gasteiger charge is -2.31. The van der Waals surface area contributed by atoms with Gasteiger partial charge in [0.05, 0.1) is 86.0 Å². The molecule has 6 aliphatic rings. The van der Waals surface area contributed by atoms with Gasteiger partial charge in [-0.3, -0.25) is 44.0 Å². The van der Waals surface area contributed by atoms with Gasteiger partial charge in [-0.05, 0) is 135 Å². The number of carbonyl (C=O) groups excluding carboxylic acids is 8. The van der Waals surface area contributed by atoms with Gasteiger partial charge in [0.2, 0.25) is 23.6 Å². The Kier molecular flexibility index (Phi) is 24.4. The number of nitrogens with zero attached hydrogens (tertiary/aromatic N) is 8. The summed E-state index contributed by atoms with van der Waals surface area (Å²) in [4.78, 5) is 122. The van der Waals surface area contributed by atoms with Crippen LogP contribution in [-0.2, 0) is 48.4 Å². The Hall–Kier alpha value is -11.9. The molecule has 28 nitrogen and oxygen atoms in total. The lowest BCUT2D eigenvalue weighted by molar-refractivity contribution is -0.130. The number of guanidine groups is 1. The Morgan fingerprint density at radius 2 is 1.41 bits per heavy atom. The fourth-order valence-corrected chi connectivity index (χ4v) is 15.3. The molecule has 1 aliphatic carbocycles. The van der Waals surface area contributed by atoms with Crippen LogP contribution >= 0.6 is 0 Å². The van der Waals surface area contributed by atoms with Gasteiger partial charge in [0.15, 0.2) is 41.0 Å². The zero-order valence-corrected chi connectivity index (χ0v) is 64.8. The number of hydrogen-bond acceptors (Lipinski definition) is 18. The number of anilines is 3. The summed E-state index contributed by atoms with van der Waals surface area (Å²) in [5.74, 6) is -1.93. The maximum Gasteiger partial charge on any atom is 0.416 e. The molecular formula is C85H98N14O14. The minimum Gasteiger partial charge on any atom is -0.493 e. The van der Waals surface area contributed by atoms with Crippen molar-refractivity contribution in [3.8, 4) is 45.5 Å². The number of aromatic nitrogens is 3. The highest BCUT2D eigenvalue weighted by Crippen LogP contribution is 2.57. The van der Waals surface area contributed by atoms with E-state index in [2.05, 4.69) is 31.6 Å². The van der Waals surface area contributed by atoms with Crippen molar-refractivity contribution in [2.45, 2.75) is 168 Å². The Labute approximate surface area is 656 Å². The van der Waals surface area contributed by atoms with Gasteiger partial charge in [0.1, 0.15) is 12.3 Å². The van der Waals surface area contributed by atoms with Gasteiger partial charge in [-0.15, -0.1) is 5.10 Å². The van der Waals surface area contributed by atoms with Crippen LogP contribution in [-0.4, -0.2) is 154 Å². The number of unbranched alkanes of at least 4 members (excludes halogenated alkanes) is 3. The van der Waals surface area contributed by atoms with E-state index in [1.807, 2.05) is 111 Å². The Bertz CT molecular complexity index is 4840. The molecule has 2 fully saturated rings. The van der Waals surface area contributed by atoms with Crippen molar-refractivity contribution in [3.63, 3.8) is 0 Å². The Balaban J connectivity index is 0.552. The van der Waals surface area contributed by atoms with Gasteiger partial charge in [-0.2, -0.15) is 0 Å². The number of hydrogen-bond donors (Lipinski definition) is 7. The number of Topliss-reactive ketones (excluding diaryl/α,β-unsaturated/α-hetero) is 1. The third-order valence-corrected chi connectivity index (χ3v) is 21.8. The second kappa shape index (κ2) is 34.8. The average Bonchev–Trinajstić information content (AvgIpc) is 1.56. The minimum atomic E-state index is -1.47. The fourth-order valence-electron chi connectivity index (χ4n) is 15.3. The van der Waals surface area contributed by atoms with Gasteiger partial charge < -0.3 is 70.5 Å². The summed E-state index contributed by atoms with van der Waals surface area (Å²) in [6.07, 6.45) is 6.86. The number of carbonyl (C=O) groups is 8. The van der Waals surface area contributed by atoms with Crippen molar-refractivity contribution < 1.29 is 67.1 Å². The molecule has 6 aromatic carbocycles. The van der Waals surface area contributed by atoms with E-state index < -0.39 is 36.2 Å². The molecular weight excluding hydrogens is 1440 g/mol.